The van der Waals surface area contributed by atoms with Crippen LogP contribution in [0.15, 0.2) is 29.3 Å². The van der Waals surface area contributed by atoms with Crippen LogP contribution in [0.25, 0.3) is 0 Å². The summed E-state index contributed by atoms with van der Waals surface area (Å²) in [5, 5.41) is 6.53. The highest BCUT2D eigenvalue weighted by molar-refractivity contribution is 14.0. The zero-order chi connectivity index (χ0) is 19.3. The lowest BCUT2D eigenvalue weighted by molar-refractivity contribution is -0.143. The van der Waals surface area contributed by atoms with Crippen LogP contribution in [-0.2, 0) is 13.0 Å². The summed E-state index contributed by atoms with van der Waals surface area (Å²) < 4.78 is 37.5. The fraction of sp³-hybridized carbons (Fsp3) is 0.632. The number of benzene rings is 1. The Hall–Kier alpha value is -1.07. The fourth-order valence-electron chi connectivity index (χ4n) is 3.81. The third-order valence-electron chi connectivity index (χ3n) is 5.17. The van der Waals surface area contributed by atoms with Crippen LogP contribution in [0.4, 0.5) is 13.2 Å². The van der Waals surface area contributed by atoms with Gasteiger partial charge in [-0.15, -0.1) is 24.0 Å². The molecule has 2 N–H and O–H groups in total. The van der Waals surface area contributed by atoms with Gasteiger partial charge in [0.2, 0.25) is 0 Å². The summed E-state index contributed by atoms with van der Waals surface area (Å²) in [5.41, 5.74) is 2.82. The first-order chi connectivity index (χ1) is 12.9. The molecule has 0 aliphatic carbocycles. The van der Waals surface area contributed by atoms with Crippen molar-refractivity contribution < 1.29 is 13.2 Å². The van der Waals surface area contributed by atoms with Crippen molar-refractivity contribution in [1.29, 1.82) is 0 Å². The maximum absolute atomic E-state index is 12.5. The molecule has 0 saturated carbocycles. The highest BCUT2D eigenvalue weighted by Gasteiger charge is 2.34. The van der Waals surface area contributed by atoms with Gasteiger partial charge in [-0.25, -0.2) is 0 Å². The second-order valence-corrected chi connectivity index (χ2v) is 7.27. The van der Waals surface area contributed by atoms with Crippen molar-refractivity contribution in [2.75, 3.05) is 46.3 Å². The summed E-state index contributed by atoms with van der Waals surface area (Å²) in [6.07, 6.45) is -2.37. The van der Waals surface area contributed by atoms with Crippen molar-refractivity contribution in [2.45, 2.75) is 31.6 Å². The molecule has 0 bridgehead atoms. The van der Waals surface area contributed by atoms with Crippen molar-refractivity contribution in [2.24, 2.45) is 4.99 Å². The lowest BCUT2D eigenvalue weighted by atomic mass is 10.00. The van der Waals surface area contributed by atoms with Crippen LogP contribution >= 0.6 is 24.0 Å². The topological polar surface area (TPSA) is 42.9 Å². The molecular formula is C19H29F3IN5. The molecule has 9 heteroatoms. The Balaban J connectivity index is 0.00000280. The molecular weight excluding hydrogens is 482 g/mol. The molecule has 5 nitrogen and oxygen atoms in total. The van der Waals surface area contributed by atoms with Crippen LogP contribution in [-0.4, -0.2) is 74.3 Å². The zero-order valence-electron chi connectivity index (χ0n) is 16.1. The quantitative estimate of drug-likeness (QED) is 0.363. The second kappa shape index (κ2) is 10.6. The Morgan fingerprint density at radius 2 is 1.93 bits per heavy atom. The van der Waals surface area contributed by atoms with E-state index in [-0.39, 0.29) is 30.0 Å². The number of halogens is 4. The van der Waals surface area contributed by atoms with Crippen LogP contribution < -0.4 is 10.6 Å². The summed E-state index contributed by atoms with van der Waals surface area (Å²) in [4.78, 5) is 8.05. The van der Waals surface area contributed by atoms with Crippen LogP contribution in [0.2, 0.25) is 0 Å². The number of nitrogens with one attached hydrogen (secondary N) is 2. The van der Waals surface area contributed by atoms with E-state index in [0.29, 0.717) is 25.5 Å². The Labute approximate surface area is 181 Å². The third kappa shape index (κ3) is 7.07. The van der Waals surface area contributed by atoms with Crippen molar-refractivity contribution >= 4 is 29.9 Å². The number of likely N-dealkylation sites (tertiary alicyclic amines) is 1. The smallest absolute Gasteiger partial charge is 0.355 e. The van der Waals surface area contributed by atoms with Crippen molar-refractivity contribution in [3.8, 4) is 0 Å². The Bertz CT molecular complexity index is 653. The van der Waals surface area contributed by atoms with Gasteiger partial charge in [-0.3, -0.25) is 14.8 Å². The number of alkyl halides is 3. The molecule has 1 saturated heterocycles. The average molecular weight is 511 g/mol. The maximum atomic E-state index is 12.5. The van der Waals surface area contributed by atoms with Crippen molar-refractivity contribution in [3.05, 3.63) is 35.4 Å². The van der Waals surface area contributed by atoms with Gasteiger partial charge >= 0.3 is 6.18 Å². The highest BCUT2D eigenvalue weighted by atomic mass is 127. The first-order valence-corrected chi connectivity index (χ1v) is 9.48. The van der Waals surface area contributed by atoms with E-state index in [1.807, 2.05) is 0 Å². The van der Waals surface area contributed by atoms with Gasteiger partial charge in [0, 0.05) is 52.4 Å². The minimum absolute atomic E-state index is 0. The predicted octanol–water partition coefficient (Wildman–Crippen LogP) is 2.46. The van der Waals surface area contributed by atoms with Crippen LogP contribution in [0.3, 0.4) is 0 Å². The number of aliphatic imine (C=N–C) groups is 1. The van der Waals surface area contributed by atoms with Crippen LogP contribution in [0.5, 0.6) is 0 Å². The molecule has 0 radical (unpaired) electrons. The highest BCUT2D eigenvalue weighted by Crippen LogP contribution is 2.20. The summed E-state index contributed by atoms with van der Waals surface area (Å²) >= 11 is 0. The Kier molecular flexibility index (Phi) is 8.81. The minimum atomic E-state index is -4.14. The second-order valence-electron chi connectivity index (χ2n) is 7.27. The number of rotatable bonds is 5. The normalized spacial score (nSPS) is 21.1. The monoisotopic (exact) mass is 511 g/mol. The lowest BCUT2D eigenvalue weighted by Crippen LogP contribution is -2.47. The van der Waals surface area contributed by atoms with Crippen molar-refractivity contribution in [1.82, 2.24) is 20.4 Å². The van der Waals surface area contributed by atoms with Gasteiger partial charge in [0.25, 0.3) is 0 Å². The third-order valence-corrected chi connectivity index (χ3v) is 5.17. The Morgan fingerprint density at radius 1 is 1.18 bits per heavy atom. The average Bonchev–Trinajstić information content (AvgIpc) is 3.05. The molecule has 2 aliphatic rings. The minimum Gasteiger partial charge on any atom is -0.355 e. The molecule has 28 heavy (non-hydrogen) atoms. The molecule has 0 spiro atoms. The first kappa shape index (κ1) is 23.2. The number of fused-ring (bicyclic) bond motifs is 1. The van der Waals surface area contributed by atoms with Gasteiger partial charge < -0.3 is 10.6 Å². The zero-order valence-corrected chi connectivity index (χ0v) is 18.5. The standard InChI is InChI=1S/C19H28F3N5.HI/c1-23-18(25-17-7-10-27(13-17)14-19(20,21)22)24-8-11-26-9-6-15-4-2-3-5-16(15)12-26;/h2-5,17H,6-14H2,1H3,(H2,23,24,25);1H. The first-order valence-electron chi connectivity index (χ1n) is 9.48. The van der Waals surface area contributed by atoms with Crippen molar-refractivity contribution in [3.63, 3.8) is 0 Å². The summed E-state index contributed by atoms with van der Waals surface area (Å²) in [6, 6.07) is 8.55. The van der Waals surface area contributed by atoms with E-state index in [4.69, 9.17) is 0 Å². The number of hydrogen-bond acceptors (Lipinski definition) is 3. The van der Waals surface area contributed by atoms with Gasteiger partial charge in [0.1, 0.15) is 0 Å². The molecule has 0 aromatic heterocycles. The van der Waals surface area contributed by atoms with E-state index in [0.717, 1.165) is 32.6 Å². The molecule has 1 fully saturated rings. The molecule has 2 heterocycles. The van der Waals surface area contributed by atoms with E-state index in [9.17, 15) is 13.2 Å². The largest absolute Gasteiger partial charge is 0.401 e. The summed E-state index contributed by atoms with van der Waals surface area (Å²) in [7, 11) is 1.69. The molecule has 1 atom stereocenters. The van der Waals surface area contributed by atoms with Gasteiger partial charge in [-0.05, 0) is 24.0 Å². The van der Waals surface area contributed by atoms with Gasteiger partial charge in [-0.2, -0.15) is 13.2 Å². The van der Waals surface area contributed by atoms with E-state index in [1.54, 1.807) is 7.05 Å². The molecule has 1 unspecified atom stereocenters. The number of hydrogen-bond donors (Lipinski definition) is 2. The lowest BCUT2D eigenvalue weighted by Gasteiger charge is -2.29. The number of nitrogens with zero attached hydrogens (tertiary/aromatic N) is 3. The van der Waals surface area contributed by atoms with Gasteiger partial charge in [0.05, 0.1) is 6.54 Å². The molecule has 1 aromatic carbocycles. The fourth-order valence-corrected chi connectivity index (χ4v) is 3.81. The molecule has 2 aliphatic heterocycles. The van der Waals surface area contributed by atoms with Gasteiger partial charge in [0.15, 0.2) is 5.96 Å². The summed E-state index contributed by atoms with van der Waals surface area (Å²) in [5.74, 6) is 0.659. The number of guanidine groups is 1. The SMILES string of the molecule is CN=C(NCCN1CCc2ccccc2C1)NC1CCN(CC(F)(F)F)C1.I. The molecule has 3 rings (SSSR count). The van der Waals surface area contributed by atoms with E-state index >= 15 is 0 Å². The maximum Gasteiger partial charge on any atom is 0.401 e. The molecule has 1 aromatic rings. The summed E-state index contributed by atoms with van der Waals surface area (Å²) in [6.45, 7) is 3.66. The van der Waals surface area contributed by atoms with E-state index < -0.39 is 12.7 Å². The predicted molar refractivity (Wildman–Crippen MR) is 116 cm³/mol. The van der Waals surface area contributed by atoms with Crippen LogP contribution in [0.1, 0.15) is 17.5 Å². The van der Waals surface area contributed by atoms with E-state index in [2.05, 4.69) is 44.8 Å². The molecule has 0 amide bonds. The van der Waals surface area contributed by atoms with Gasteiger partial charge in [-0.1, -0.05) is 24.3 Å². The van der Waals surface area contributed by atoms with E-state index in [1.165, 1.54) is 16.0 Å². The Morgan fingerprint density at radius 3 is 2.64 bits per heavy atom. The molecule has 158 valence electrons. The van der Waals surface area contributed by atoms with Crippen LogP contribution in [0, 0.1) is 0 Å².